The highest BCUT2D eigenvalue weighted by Gasteiger charge is 2.17. The molecule has 2 aromatic carbocycles. The van der Waals surface area contributed by atoms with Crippen LogP contribution in [0.4, 0.5) is 5.95 Å². The van der Waals surface area contributed by atoms with E-state index in [1.165, 1.54) is 37.3 Å². The molecule has 0 radical (unpaired) electrons. The molecule has 1 aliphatic rings. The fourth-order valence-electron chi connectivity index (χ4n) is 5.13. The summed E-state index contributed by atoms with van der Waals surface area (Å²) in [5.74, 6) is 0.931. The van der Waals surface area contributed by atoms with E-state index in [0.717, 1.165) is 52.6 Å². The van der Waals surface area contributed by atoms with Crippen LogP contribution in [0.25, 0.3) is 37.4 Å². The molecular formula is C28H29ClN6OS. The molecule has 1 fully saturated rings. The van der Waals surface area contributed by atoms with Crippen LogP contribution in [0.3, 0.4) is 0 Å². The molecule has 190 valence electrons. The van der Waals surface area contributed by atoms with Crippen molar-refractivity contribution in [3.8, 4) is 16.1 Å². The van der Waals surface area contributed by atoms with Crippen LogP contribution < -0.4 is 10.5 Å². The fraction of sp³-hybridized carbons (Fsp3) is 0.321. The molecule has 0 bridgehead atoms. The Hall–Kier alpha value is -3.20. The van der Waals surface area contributed by atoms with Gasteiger partial charge in [-0.05, 0) is 80.9 Å². The second-order valence-electron chi connectivity index (χ2n) is 9.78. The molecule has 1 aliphatic heterocycles. The van der Waals surface area contributed by atoms with Crippen molar-refractivity contribution in [1.29, 1.82) is 0 Å². The summed E-state index contributed by atoms with van der Waals surface area (Å²) >= 11 is 7.50. The van der Waals surface area contributed by atoms with E-state index >= 15 is 0 Å². The standard InChI is InChI=1S/C28H29ClN6OS/c1-32(2)28-31-22-16-21(10-11-24(22)34(28)15-5-14-33-12-3-4-13-33)35-18-30-23-17-25(37-26(23)27(35)36)19-6-8-20(29)9-7-19/h6-11,16-18H,3-5,12-15H2,1-2H3. The average Bonchev–Trinajstić information content (AvgIpc) is 3.64. The summed E-state index contributed by atoms with van der Waals surface area (Å²) in [5, 5.41) is 0.687. The molecule has 0 unspecified atom stereocenters. The van der Waals surface area contributed by atoms with E-state index in [2.05, 4.69) is 25.4 Å². The summed E-state index contributed by atoms with van der Waals surface area (Å²) in [5.41, 5.74) is 4.37. The van der Waals surface area contributed by atoms with E-state index in [1.807, 2.05) is 56.6 Å². The third-order valence-corrected chi connectivity index (χ3v) is 8.42. The third-order valence-electron chi connectivity index (χ3n) is 7.01. The van der Waals surface area contributed by atoms with Gasteiger partial charge in [0.15, 0.2) is 0 Å². The summed E-state index contributed by atoms with van der Waals surface area (Å²) in [6, 6.07) is 15.7. The molecule has 7 nitrogen and oxygen atoms in total. The molecule has 4 heterocycles. The highest BCUT2D eigenvalue weighted by atomic mass is 35.5. The van der Waals surface area contributed by atoms with Gasteiger partial charge in [-0.15, -0.1) is 11.3 Å². The van der Waals surface area contributed by atoms with Crippen LogP contribution in [-0.2, 0) is 6.54 Å². The van der Waals surface area contributed by atoms with Crippen LogP contribution in [0.1, 0.15) is 19.3 Å². The van der Waals surface area contributed by atoms with Crippen molar-refractivity contribution >= 4 is 50.1 Å². The largest absolute Gasteiger partial charge is 0.348 e. The number of likely N-dealkylation sites (tertiary alicyclic amines) is 1. The molecule has 6 rings (SSSR count). The minimum atomic E-state index is -0.0764. The Morgan fingerprint density at radius 3 is 2.54 bits per heavy atom. The molecule has 0 spiro atoms. The topological polar surface area (TPSA) is 59.2 Å². The number of aryl methyl sites for hydroxylation is 1. The molecule has 5 aromatic rings. The van der Waals surface area contributed by atoms with Crippen molar-refractivity contribution in [3.63, 3.8) is 0 Å². The smallest absolute Gasteiger partial charge is 0.275 e. The van der Waals surface area contributed by atoms with Gasteiger partial charge in [-0.3, -0.25) is 9.36 Å². The number of anilines is 1. The highest BCUT2D eigenvalue weighted by Crippen LogP contribution is 2.32. The lowest BCUT2D eigenvalue weighted by atomic mass is 10.2. The molecule has 9 heteroatoms. The second-order valence-corrected chi connectivity index (χ2v) is 11.3. The summed E-state index contributed by atoms with van der Waals surface area (Å²) in [6.45, 7) is 4.46. The first-order valence-corrected chi connectivity index (χ1v) is 13.8. The molecule has 1 saturated heterocycles. The number of thiophene rings is 1. The number of halogens is 1. The Balaban J connectivity index is 1.33. The van der Waals surface area contributed by atoms with Crippen molar-refractivity contribution in [1.82, 2.24) is 24.0 Å². The summed E-state index contributed by atoms with van der Waals surface area (Å²) < 4.78 is 4.54. The zero-order chi connectivity index (χ0) is 25.5. The Bertz CT molecular complexity index is 1630. The van der Waals surface area contributed by atoms with Gasteiger partial charge in [0.2, 0.25) is 5.95 Å². The number of hydrogen-bond donors (Lipinski definition) is 0. The molecule has 0 saturated carbocycles. The first-order valence-electron chi connectivity index (χ1n) is 12.7. The number of benzene rings is 2. The van der Waals surface area contributed by atoms with Crippen molar-refractivity contribution in [3.05, 3.63) is 70.2 Å². The number of aromatic nitrogens is 4. The van der Waals surface area contributed by atoms with Gasteiger partial charge in [0.25, 0.3) is 5.56 Å². The minimum Gasteiger partial charge on any atom is -0.348 e. The SMILES string of the molecule is CN(C)c1nc2cc(-n3cnc4cc(-c5ccc(Cl)cc5)sc4c3=O)ccc2n1CCCN1CCCC1. The van der Waals surface area contributed by atoms with E-state index in [4.69, 9.17) is 16.6 Å². The lowest BCUT2D eigenvalue weighted by molar-refractivity contribution is 0.326. The molecular weight excluding hydrogens is 504 g/mol. The first kappa shape index (κ1) is 24.2. The molecule has 0 amide bonds. The molecule has 0 aliphatic carbocycles. The van der Waals surface area contributed by atoms with Crippen LogP contribution in [0.5, 0.6) is 0 Å². The van der Waals surface area contributed by atoms with E-state index in [0.29, 0.717) is 15.2 Å². The zero-order valence-electron chi connectivity index (χ0n) is 21.0. The average molecular weight is 533 g/mol. The maximum atomic E-state index is 13.5. The monoisotopic (exact) mass is 532 g/mol. The normalized spacial score (nSPS) is 14.2. The van der Waals surface area contributed by atoms with Crippen molar-refractivity contribution < 1.29 is 0 Å². The molecule has 0 atom stereocenters. The van der Waals surface area contributed by atoms with Gasteiger partial charge >= 0.3 is 0 Å². The molecule has 3 aromatic heterocycles. The Morgan fingerprint density at radius 2 is 1.78 bits per heavy atom. The van der Waals surface area contributed by atoms with Crippen molar-refractivity contribution in [2.45, 2.75) is 25.8 Å². The van der Waals surface area contributed by atoms with E-state index in [9.17, 15) is 4.79 Å². The maximum absolute atomic E-state index is 13.5. The van der Waals surface area contributed by atoms with E-state index < -0.39 is 0 Å². The van der Waals surface area contributed by atoms with Crippen LogP contribution >= 0.6 is 22.9 Å². The van der Waals surface area contributed by atoms with Crippen LogP contribution in [0.2, 0.25) is 5.02 Å². The second kappa shape index (κ2) is 9.93. The quantitative estimate of drug-likeness (QED) is 0.270. The number of rotatable bonds is 7. The maximum Gasteiger partial charge on any atom is 0.275 e. The van der Waals surface area contributed by atoms with Crippen LogP contribution in [0, 0.1) is 0 Å². The molecule has 0 N–H and O–H groups in total. The number of hydrogen-bond acceptors (Lipinski definition) is 6. The lowest BCUT2D eigenvalue weighted by Crippen LogP contribution is -2.22. The Kier molecular flexibility index (Phi) is 6.48. The molecule has 37 heavy (non-hydrogen) atoms. The number of imidazole rings is 1. The highest BCUT2D eigenvalue weighted by molar-refractivity contribution is 7.22. The Labute approximate surface area is 224 Å². The predicted molar refractivity (Wildman–Crippen MR) is 154 cm³/mol. The van der Waals surface area contributed by atoms with Gasteiger partial charge in [0.05, 0.1) is 22.2 Å². The predicted octanol–water partition coefficient (Wildman–Crippen LogP) is 5.67. The minimum absolute atomic E-state index is 0.0764. The summed E-state index contributed by atoms with van der Waals surface area (Å²) in [4.78, 5) is 28.6. The van der Waals surface area contributed by atoms with Gasteiger partial charge < -0.3 is 14.4 Å². The third kappa shape index (κ3) is 4.65. The van der Waals surface area contributed by atoms with Crippen molar-refractivity contribution in [2.24, 2.45) is 0 Å². The lowest BCUT2D eigenvalue weighted by Gasteiger charge is -2.17. The number of fused-ring (bicyclic) bond motifs is 2. The van der Waals surface area contributed by atoms with E-state index in [-0.39, 0.29) is 5.56 Å². The van der Waals surface area contributed by atoms with Gasteiger partial charge in [-0.2, -0.15) is 0 Å². The fourth-order valence-corrected chi connectivity index (χ4v) is 6.30. The summed E-state index contributed by atoms with van der Waals surface area (Å²) in [7, 11) is 4.05. The van der Waals surface area contributed by atoms with Gasteiger partial charge in [-0.25, -0.2) is 9.97 Å². The zero-order valence-corrected chi connectivity index (χ0v) is 22.6. The Morgan fingerprint density at radius 1 is 1.00 bits per heavy atom. The van der Waals surface area contributed by atoms with Crippen molar-refractivity contribution in [2.75, 3.05) is 38.6 Å². The first-order chi connectivity index (χ1) is 18.0. The van der Waals surface area contributed by atoms with E-state index in [1.54, 1.807) is 10.9 Å². The van der Waals surface area contributed by atoms with Crippen LogP contribution in [0.15, 0.2) is 59.7 Å². The number of nitrogens with zero attached hydrogens (tertiary/aromatic N) is 6. The summed E-state index contributed by atoms with van der Waals surface area (Å²) in [6.07, 6.45) is 5.33. The van der Waals surface area contributed by atoms with Gasteiger partial charge in [0, 0.05) is 30.5 Å². The van der Waals surface area contributed by atoms with Crippen LogP contribution in [-0.4, -0.2) is 57.7 Å². The van der Waals surface area contributed by atoms with Gasteiger partial charge in [0.1, 0.15) is 11.0 Å². The van der Waals surface area contributed by atoms with Gasteiger partial charge in [-0.1, -0.05) is 23.7 Å².